The van der Waals surface area contributed by atoms with Crippen molar-refractivity contribution in [3.63, 3.8) is 0 Å². The van der Waals surface area contributed by atoms with Crippen LogP contribution in [0.2, 0.25) is 0 Å². The van der Waals surface area contributed by atoms with Crippen LogP contribution in [0.3, 0.4) is 0 Å². The molecule has 1 aliphatic rings. The maximum atomic E-state index is 5.59. The van der Waals surface area contributed by atoms with E-state index in [4.69, 9.17) is 4.74 Å². The Kier molecular flexibility index (Phi) is 5.26. The Hall–Kier alpha value is -1.02. The van der Waals surface area contributed by atoms with Gasteiger partial charge in [-0.25, -0.2) is 0 Å². The lowest BCUT2D eigenvalue weighted by molar-refractivity contribution is 0.124. The zero-order valence-electron chi connectivity index (χ0n) is 12.4. The lowest BCUT2D eigenvalue weighted by Crippen LogP contribution is -2.39. The molecule has 1 fully saturated rings. The highest BCUT2D eigenvalue weighted by molar-refractivity contribution is 5.27. The number of nitrogens with one attached hydrogen (secondary N) is 1. The topological polar surface area (TPSA) is 21.3 Å². The number of hydrogen-bond donors (Lipinski definition) is 1. The van der Waals surface area contributed by atoms with Gasteiger partial charge in [0.1, 0.15) is 5.75 Å². The lowest BCUT2D eigenvalue weighted by Gasteiger charge is -2.41. The lowest BCUT2D eigenvalue weighted by atomic mass is 9.67. The first-order valence-electron chi connectivity index (χ1n) is 7.70. The van der Waals surface area contributed by atoms with Gasteiger partial charge in [-0.3, -0.25) is 0 Å². The average molecular weight is 261 g/mol. The van der Waals surface area contributed by atoms with Crippen LogP contribution in [0.4, 0.5) is 0 Å². The first kappa shape index (κ1) is 14.4. The Balaban J connectivity index is 1.73. The van der Waals surface area contributed by atoms with Crippen molar-refractivity contribution in [1.29, 1.82) is 0 Å². The molecule has 1 aromatic rings. The Morgan fingerprint density at radius 2 is 1.89 bits per heavy atom. The summed E-state index contributed by atoms with van der Waals surface area (Å²) in [5.41, 5.74) is 1.94. The molecule has 0 aromatic heterocycles. The van der Waals surface area contributed by atoms with Crippen LogP contribution in [0, 0.1) is 5.41 Å². The molecule has 0 atom stereocenters. The molecule has 1 aromatic carbocycles. The number of hydrogen-bond acceptors (Lipinski definition) is 2. The summed E-state index contributed by atoms with van der Waals surface area (Å²) in [6, 6.07) is 8.48. The second-order valence-electron chi connectivity index (χ2n) is 5.80. The highest BCUT2D eigenvalue weighted by atomic mass is 16.5. The van der Waals surface area contributed by atoms with E-state index in [9.17, 15) is 0 Å². The molecule has 0 bridgehead atoms. The van der Waals surface area contributed by atoms with Crippen molar-refractivity contribution in [3.05, 3.63) is 29.8 Å². The third-order valence-electron chi connectivity index (χ3n) is 4.39. The molecule has 2 rings (SSSR count). The number of ether oxygens (including phenoxy) is 1. The summed E-state index contributed by atoms with van der Waals surface area (Å²) in [7, 11) is 0. The van der Waals surface area contributed by atoms with Gasteiger partial charge in [-0.05, 0) is 48.8 Å². The zero-order chi connectivity index (χ0) is 13.6. The molecule has 0 radical (unpaired) electrons. The molecular weight excluding hydrogens is 234 g/mol. The molecule has 2 heteroatoms. The SMILES string of the molecule is CCCOc1ccc(CNCC2(CC)CCC2)cc1. The van der Waals surface area contributed by atoms with E-state index in [2.05, 4.69) is 43.4 Å². The van der Waals surface area contributed by atoms with Crippen LogP contribution >= 0.6 is 0 Å². The Bertz CT molecular complexity index is 362. The van der Waals surface area contributed by atoms with Crippen molar-refractivity contribution in [2.45, 2.75) is 52.5 Å². The highest BCUT2D eigenvalue weighted by Crippen LogP contribution is 2.43. The monoisotopic (exact) mass is 261 g/mol. The third kappa shape index (κ3) is 3.97. The first-order valence-corrected chi connectivity index (χ1v) is 7.70. The summed E-state index contributed by atoms with van der Waals surface area (Å²) in [6.45, 7) is 7.38. The zero-order valence-corrected chi connectivity index (χ0v) is 12.4. The molecule has 1 N–H and O–H groups in total. The van der Waals surface area contributed by atoms with Crippen LogP contribution < -0.4 is 10.1 Å². The van der Waals surface area contributed by atoms with Gasteiger partial charge in [0, 0.05) is 13.1 Å². The van der Waals surface area contributed by atoms with Crippen molar-refractivity contribution in [1.82, 2.24) is 5.32 Å². The quantitative estimate of drug-likeness (QED) is 0.759. The van der Waals surface area contributed by atoms with Crippen LogP contribution in [0.15, 0.2) is 24.3 Å². The highest BCUT2D eigenvalue weighted by Gasteiger charge is 2.34. The van der Waals surface area contributed by atoms with Crippen molar-refractivity contribution in [2.75, 3.05) is 13.2 Å². The molecule has 0 heterocycles. The van der Waals surface area contributed by atoms with Gasteiger partial charge in [0.15, 0.2) is 0 Å². The number of rotatable bonds is 8. The molecule has 1 saturated carbocycles. The van der Waals surface area contributed by atoms with Gasteiger partial charge >= 0.3 is 0 Å². The van der Waals surface area contributed by atoms with Gasteiger partial charge < -0.3 is 10.1 Å². The third-order valence-corrected chi connectivity index (χ3v) is 4.39. The van der Waals surface area contributed by atoms with Crippen LogP contribution in [0.25, 0.3) is 0 Å². The summed E-state index contributed by atoms with van der Waals surface area (Å²) >= 11 is 0. The fourth-order valence-electron chi connectivity index (χ4n) is 2.73. The second-order valence-corrected chi connectivity index (χ2v) is 5.80. The molecule has 0 saturated heterocycles. The maximum absolute atomic E-state index is 5.59. The Morgan fingerprint density at radius 1 is 1.16 bits per heavy atom. The van der Waals surface area contributed by atoms with E-state index in [1.165, 1.54) is 31.2 Å². The van der Waals surface area contributed by atoms with Crippen molar-refractivity contribution < 1.29 is 4.74 Å². The van der Waals surface area contributed by atoms with Crippen molar-refractivity contribution in [3.8, 4) is 5.75 Å². The van der Waals surface area contributed by atoms with Gasteiger partial charge in [-0.1, -0.05) is 32.4 Å². The molecule has 1 aliphatic carbocycles. The van der Waals surface area contributed by atoms with Gasteiger partial charge in [0.2, 0.25) is 0 Å². The van der Waals surface area contributed by atoms with Crippen LogP contribution in [-0.4, -0.2) is 13.2 Å². The van der Waals surface area contributed by atoms with Crippen LogP contribution in [0.1, 0.15) is 51.5 Å². The molecule has 0 aliphatic heterocycles. The van der Waals surface area contributed by atoms with Crippen LogP contribution in [0.5, 0.6) is 5.75 Å². The minimum absolute atomic E-state index is 0.601. The smallest absolute Gasteiger partial charge is 0.119 e. The van der Waals surface area contributed by atoms with Crippen LogP contribution in [-0.2, 0) is 6.54 Å². The Labute approximate surface area is 117 Å². The minimum Gasteiger partial charge on any atom is -0.494 e. The van der Waals surface area contributed by atoms with E-state index in [-0.39, 0.29) is 0 Å². The first-order chi connectivity index (χ1) is 9.28. The van der Waals surface area contributed by atoms with E-state index < -0.39 is 0 Å². The molecular formula is C17H27NO. The second kappa shape index (κ2) is 6.95. The molecule has 106 valence electrons. The minimum atomic E-state index is 0.601. The van der Waals surface area contributed by atoms with E-state index in [1.807, 2.05) is 0 Å². The molecule has 0 amide bonds. The summed E-state index contributed by atoms with van der Waals surface area (Å²) in [6.07, 6.45) is 6.59. The van der Waals surface area contributed by atoms with E-state index in [1.54, 1.807) is 0 Å². The fraction of sp³-hybridized carbons (Fsp3) is 0.647. The molecule has 2 nitrogen and oxygen atoms in total. The average Bonchev–Trinajstić information content (AvgIpc) is 2.41. The summed E-state index contributed by atoms with van der Waals surface area (Å²) in [5, 5.41) is 3.62. The maximum Gasteiger partial charge on any atom is 0.119 e. The summed E-state index contributed by atoms with van der Waals surface area (Å²) in [5.74, 6) is 0.981. The molecule has 19 heavy (non-hydrogen) atoms. The summed E-state index contributed by atoms with van der Waals surface area (Å²) in [4.78, 5) is 0. The van der Waals surface area contributed by atoms with Crippen molar-refractivity contribution >= 4 is 0 Å². The van der Waals surface area contributed by atoms with E-state index in [0.29, 0.717) is 5.41 Å². The summed E-state index contributed by atoms with van der Waals surface area (Å²) < 4.78 is 5.59. The largest absolute Gasteiger partial charge is 0.494 e. The van der Waals surface area contributed by atoms with Gasteiger partial charge in [-0.15, -0.1) is 0 Å². The van der Waals surface area contributed by atoms with Gasteiger partial charge in [0.05, 0.1) is 6.61 Å². The standard InChI is InChI=1S/C17H27NO/c1-3-12-19-16-8-6-15(7-9-16)13-18-14-17(4-2)10-5-11-17/h6-9,18H,3-5,10-14H2,1-2H3. The van der Waals surface area contributed by atoms with Crippen molar-refractivity contribution in [2.24, 2.45) is 5.41 Å². The fourth-order valence-corrected chi connectivity index (χ4v) is 2.73. The van der Waals surface area contributed by atoms with E-state index in [0.717, 1.165) is 31.9 Å². The predicted octanol–water partition coefficient (Wildman–Crippen LogP) is 4.15. The van der Waals surface area contributed by atoms with Gasteiger partial charge in [-0.2, -0.15) is 0 Å². The number of benzene rings is 1. The van der Waals surface area contributed by atoms with E-state index >= 15 is 0 Å². The normalized spacial score (nSPS) is 16.9. The van der Waals surface area contributed by atoms with Gasteiger partial charge in [0.25, 0.3) is 0 Å². The Morgan fingerprint density at radius 3 is 2.42 bits per heavy atom. The molecule has 0 spiro atoms. The molecule has 0 unspecified atom stereocenters. The predicted molar refractivity (Wildman–Crippen MR) is 80.5 cm³/mol.